The minimum absolute atomic E-state index is 0.198. The number of nitrogens with zero attached hydrogens (tertiary/aromatic N) is 1. The fourth-order valence-electron chi connectivity index (χ4n) is 3.53. The lowest BCUT2D eigenvalue weighted by Gasteiger charge is -2.22. The molecule has 0 unspecified atom stereocenters. The molecule has 0 saturated carbocycles. The Morgan fingerprint density at radius 1 is 0.917 bits per heavy atom. The van der Waals surface area contributed by atoms with Gasteiger partial charge in [0.1, 0.15) is 29.5 Å². The van der Waals surface area contributed by atoms with Crippen LogP contribution < -0.4 is 9.47 Å². The van der Waals surface area contributed by atoms with Gasteiger partial charge in [-0.2, -0.15) is 0 Å². The fraction of sp³-hybridized carbons (Fsp3) is 0.214. The average molecular weight is 489 g/mol. The van der Waals surface area contributed by atoms with Gasteiger partial charge in [0.15, 0.2) is 0 Å². The van der Waals surface area contributed by atoms with E-state index in [0.717, 1.165) is 17.0 Å². The van der Waals surface area contributed by atoms with Gasteiger partial charge in [-0.25, -0.2) is 14.0 Å². The van der Waals surface area contributed by atoms with Gasteiger partial charge in [-0.05, 0) is 61.7 Å². The normalized spacial score (nSPS) is 17.3. The van der Waals surface area contributed by atoms with Gasteiger partial charge in [0.25, 0.3) is 0 Å². The van der Waals surface area contributed by atoms with E-state index in [-0.39, 0.29) is 23.4 Å². The molecule has 1 aliphatic rings. The molecule has 1 fully saturated rings. The molecule has 36 heavy (non-hydrogen) atoms. The summed E-state index contributed by atoms with van der Waals surface area (Å²) in [6.07, 6.45) is -1.27. The van der Waals surface area contributed by atoms with E-state index in [1.54, 1.807) is 79.7 Å². The van der Waals surface area contributed by atoms with E-state index in [2.05, 4.69) is 11.8 Å². The number of carbonyl (C=O) groups excluding carboxylic acids is 2. The van der Waals surface area contributed by atoms with Crippen molar-refractivity contribution in [2.75, 3.05) is 0 Å². The molecule has 3 aromatic rings. The Bertz CT molecular complexity index is 1220. The van der Waals surface area contributed by atoms with Crippen LogP contribution in [-0.4, -0.2) is 29.5 Å². The SMILES string of the molecule is C[C@@H](C#C[C@@H]1CC[C@@H](c2ccc(F)cc2)O1)N(OC(=O)Oc1ccccc1)C(=O)Oc1ccccc1. The van der Waals surface area contributed by atoms with Gasteiger partial charge in [0.2, 0.25) is 0 Å². The third kappa shape index (κ3) is 6.84. The molecule has 1 saturated heterocycles. The average Bonchev–Trinajstić information content (AvgIpc) is 3.36. The van der Waals surface area contributed by atoms with E-state index in [0.29, 0.717) is 6.42 Å². The number of benzene rings is 3. The maximum atomic E-state index is 13.2. The number of hydroxylamine groups is 2. The monoisotopic (exact) mass is 489 g/mol. The van der Waals surface area contributed by atoms with Crippen LogP contribution in [0.4, 0.5) is 14.0 Å². The van der Waals surface area contributed by atoms with E-state index in [9.17, 15) is 14.0 Å². The van der Waals surface area contributed by atoms with Crippen LogP contribution in [0.2, 0.25) is 0 Å². The molecule has 1 aliphatic heterocycles. The number of ether oxygens (including phenoxy) is 3. The van der Waals surface area contributed by atoms with E-state index < -0.39 is 24.4 Å². The molecule has 0 spiro atoms. The van der Waals surface area contributed by atoms with Gasteiger partial charge >= 0.3 is 12.2 Å². The summed E-state index contributed by atoms with van der Waals surface area (Å²) in [5, 5.41) is 0.720. The van der Waals surface area contributed by atoms with E-state index in [4.69, 9.17) is 19.0 Å². The van der Waals surface area contributed by atoms with Gasteiger partial charge < -0.3 is 14.2 Å². The molecular formula is C28H24FNO6. The molecule has 0 bridgehead atoms. The molecule has 1 amide bonds. The predicted octanol–water partition coefficient (Wildman–Crippen LogP) is 6.07. The van der Waals surface area contributed by atoms with Crippen LogP contribution in [0.15, 0.2) is 84.9 Å². The van der Waals surface area contributed by atoms with Crippen molar-refractivity contribution >= 4 is 12.2 Å². The number of hydrogen-bond donors (Lipinski definition) is 0. The topological polar surface area (TPSA) is 74.3 Å². The lowest BCUT2D eigenvalue weighted by Crippen LogP contribution is -2.42. The van der Waals surface area contributed by atoms with Crippen LogP contribution in [0.5, 0.6) is 11.5 Å². The summed E-state index contributed by atoms with van der Waals surface area (Å²) in [4.78, 5) is 30.4. The van der Waals surface area contributed by atoms with Gasteiger partial charge in [-0.15, -0.1) is 5.06 Å². The Morgan fingerprint density at radius 3 is 2.17 bits per heavy atom. The van der Waals surface area contributed by atoms with Crippen molar-refractivity contribution < 1.29 is 33.0 Å². The Labute approximate surface area is 208 Å². The molecule has 0 aromatic heterocycles. The Kier molecular flexibility index (Phi) is 8.16. The largest absolute Gasteiger partial charge is 0.539 e. The molecule has 0 aliphatic carbocycles. The first kappa shape index (κ1) is 24.8. The third-order valence-electron chi connectivity index (χ3n) is 5.31. The number of hydrogen-bond acceptors (Lipinski definition) is 6. The van der Waals surface area contributed by atoms with E-state index >= 15 is 0 Å². The highest BCUT2D eigenvalue weighted by Crippen LogP contribution is 2.32. The summed E-state index contributed by atoms with van der Waals surface area (Å²) in [6.45, 7) is 1.58. The van der Waals surface area contributed by atoms with Gasteiger partial charge in [0.05, 0.1) is 6.10 Å². The molecular weight excluding hydrogens is 465 g/mol. The predicted molar refractivity (Wildman–Crippen MR) is 128 cm³/mol. The molecule has 4 rings (SSSR count). The summed E-state index contributed by atoms with van der Waals surface area (Å²) in [5.74, 6) is 6.10. The minimum Gasteiger partial charge on any atom is -0.408 e. The van der Waals surface area contributed by atoms with Crippen molar-refractivity contribution in [2.45, 2.75) is 38.0 Å². The van der Waals surface area contributed by atoms with Crippen molar-refractivity contribution in [3.63, 3.8) is 0 Å². The molecule has 0 radical (unpaired) electrons. The molecule has 0 N–H and O–H groups in total. The standard InChI is InChI=1S/C28H24FNO6/c1-20(12-17-25-18-19-26(33-25)21-13-15-22(29)16-14-21)30(27(31)34-23-8-4-2-5-9-23)36-28(32)35-24-10-6-3-7-11-24/h2-11,13-16,20,25-26H,18-19H2,1H3/t20-,25+,26-/m0/s1. The number of halogens is 1. The fourth-order valence-corrected chi connectivity index (χ4v) is 3.53. The van der Waals surface area contributed by atoms with Crippen LogP contribution >= 0.6 is 0 Å². The van der Waals surface area contributed by atoms with Crippen molar-refractivity contribution in [1.82, 2.24) is 5.06 Å². The molecule has 8 heteroatoms. The maximum absolute atomic E-state index is 13.2. The van der Waals surface area contributed by atoms with Crippen LogP contribution in [0.25, 0.3) is 0 Å². The molecule has 184 valence electrons. The molecule has 3 aromatic carbocycles. The van der Waals surface area contributed by atoms with Gasteiger partial charge in [-0.1, -0.05) is 60.4 Å². The number of para-hydroxylation sites is 2. The quantitative estimate of drug-likeness (QED) is 0.192. The molecule has 3 atom stereocenters. The minimum atomic E-state index is -1.12. The second-order valence-corrected chi connectivity index (χ2v) is 7.97. The Balaban J connectivity index is 1.43. The van der Waals surface area contributed by atoms with Crippen molar-refractivity contribution in [2.24, 2.45) is 0 Å². The first-order chi connectivity index (χ1) is 17.5. The first-order valence-corrected chi connectivity index (χ1v) is 11.4. The second-order valence-electron chi connectivity index (χ2n) is 7.97. The molecule has 1 heterocycles. The lowest BCUT2D eigenvalue weighted by atomic mass is 10.1. The smallest absolute Gasteiger partial charge is 0.408 e. The van der Waals surface area contributed by atoms with Crippen molar-refractivity contribution in [1.29, 1.82) is 0 Å². The van der Waals surface area contributed by atoms with Crippen molar-refractivity contribution in [3.05, 3.63) is 96.3 Å². The van der Waals surface area contributed by atoms with Crippen LogP contribution in [0.1, 0.15) is 31.4 Å². The van der Waals surface area contributed by atoms with Gasteiger partial charge in [-0.3, -0.25) is 4.84 Å². The summed E-state index contributed by atoms with van der Waals surface area (Å²) in [5.41, 5.74) is 0.869. The lowest BCUT2D eigenvalue weighted by molar-refractivity contribution is -0.100. The maximum Gasteiger partial charge on any atom is 0.539 e. The zero-order chi connectivity index (χ0) is 25.3. The Hall–Kier alpha value is -4.35. The van der Waals surface area contributed by atoms with Crippen molar-refractivity contribution in [3.8, 4) is 23.3 Å². The summed E-state index contributed by atoms with van der Waals surface area (Å²) < 4.78 is 29.6. The zero-order valence-electron chi connectivity index (χ0n) is 19.5. The van der Waals surface area contributed by atoms with Crippen LogP contribution in [0, 0.1) is 17.7 Å². The second kappa shape index (κ2) is 11.9. The highest BCUT2D eigenvalue weighted by molar-refractivity contribution is 5.73. The summed E-state index contributed by atoms with van der Waals surface area (Å²) in [6, 6.07) is 22.0. The van der Waals surface area contributed by atoms with Crippen LogP contribution in [-0.2, 0) is 9.57 Å². The van der Waals surface area contributed by atoms with E-state index in [1.807, 2.05) is 0 Å². The zero-order valence-corrected chi connectivity index (χ0v) is 19.5. The first-order valence-electron chi connectivity index (χ1n) is 11.4. The summed E-state index contributed by atoms with van der Waals surface area (Å²) in [7, 11) is 0. The Morgan fingerprint density at radius 2 is 1.53 bits per heavy atom. The third-order valence-corrected chi connectivity index (χ3v) is 5.31. The highest BCUT2D eigenvalue weighted by Gasteiger charge is 2.29. The number of rotatable bonds is 4. The number of amides is 1. The van der Waals surface area contributed by atoms with Crippen LogP contribution in [0.3, 0.4) is 0 Å². The van der Waals surface area contributed by atoms with E-state index in [1.165, 1.54) is 12.1 Å². The summed E-state index contributed by atoms with van der Waals surface area (Å²) >= 11 is 0. The van der Waals surface area contributed by atoms with Gasteiger partial charge in [0, 0.05) is 0 Å². The highest BCUT2D eigenvalue weighted by atomic mass is 19.1. The number of carbonyl (C=O) groups is 2. The molecule has 7 nitrogen and oxygen atoms in total.